The average molecular weight is 390 g/mol. The van der Waals surface area contributed by atoms with Crippen LogP contribution < -0.4 is 4.74 Å². The van der Waals surface area contributed by atoms with Crippen LogP contribution in [0.1, 0.15) is 29.1 Å². The van der Waals surface area contributed by atoms with Crippen molar-refractivity contribution in [1.82, 2.24) is 0 Å². The van der Waals surface area contributed by atoms with Crippen molar-refractivity contribution in [3.05, 3.63) is 49.0 Å². The second-order valence-electron chi connectivity index (χ2n) is 4.18. The van der Waals surface area contributed by atoms with Gasteiger partial charge in [-0.25, -0.2) is 0 Å². The highest BCUT2D eigenvalue weighted by atomic mass is 79.9. The highest BCUT2D eigenvalue weighted by Crippen LogP contribution is 2.43. The molecule has 0 fully saturated rings. The van der Waals surface area contributed by atoms with Gasteiger partial charge in [-0.1, -0.05) is 22.0 Å². The number of halogens is 2. The molecule has 1 aromatic heterocycles. The first-order valence-corrected chi connectivity index (χ1v) is 7.93. The Bertz CT molecular complexity index is 582. The molecule has 2 heterocycles. The van der Waals surface area contributed by atoms with Crippen LogP contribution in [-0.4, -0.2) is 5.11 Å². The van der Waals surface area contributed by atoms with Crippen molar-refractivity contribution in [1.29, 1.82) is 0 Å². The van der Waals surface area contributed by atoms with Gasteiger partial charge in [0.05, 0.1) is 9.89 Å². The van der Waals surface area contributed by atoms with Crippen LogP contribution in [0.25, 0.3) is 0 Å². The third-order valence-corrected chi connectivity index (χ3v) is 5.16. The summed E-state index contributed by atoms with van der Waals surface area (Å²) in [6.07, 6.45) is 0.0625. The molecular weight excluding hydrogens is 380 g/mol. The highest BCUT2D eigenvalue weighted by Gasteiger charge is 2.28. The van der Waals surface area contributed by atoms with E-state index in [2.05, 4.69) is 31.9 Å². The zero-order chi connectivity index (χ0) is 12.7. The van der Waals surface area contributed by atoms with Crippen molar-refractivity contribution >= 4 is 43.2 Å². The molecule has 1 N–H and O–H groups in total. The largest absolute Gasteiger partial charge is 0.484 e. The van der Waals surface area contributed by atoms with Gasteiger partial charge in [0, 0.05) is 21.3 Å². The maximum Gasteiger partial charge on any atom is 0.136 e. The Hall–Kier alpha value is -0.360. The number of aliphatic hydroxyl groups is 1. The standard InChI is InChI=1S/C13H10Br2O2S/c14-7-1-2-8-9(16)6-11(17-10(8)5-7)12-3-4-13(15)18-12/h1-5,9,11,16H,6H2. The summed E-state index contributed by atoms with van der Waals surface area (Å²) in [4.78, 5) is 1.13. The fraction of sp³-hybridized carbons (Fsp3) is 0.231. The molecule has 2 atom stereocenters. The van der Waals surface area contributed by atoms with Gasteiger partial charge in [0.25, 0.3) is 0 Å². The maximum atomic E-state index is 10.2. The van der Waals surface area contributed by atoms with Gasteiger partial charge in [-0.2, -0.15) is 0 Å². The Morgan fingerprint density at radius 2 is 2.06 bits per heavy atom. The van der Waals surface area contributed by atoms with E-state index in [1.165, 1.54) is 0 Å². The minimum absolute atomic E-state index is 0.0712. The molecule has 0 spiro atoms. The lowest BCUT2D eigenvalue weighted by Crippen LogP contribution is -2.18. The van der Waals surface area contributed by atoms with Crippen LogP contribution in [0.15, 0.2) is 38.6 Å². The quantitative estimate of drug-likeness (QED) is 0.756. The molecule has 5 heteroatoms. The van der Waals surface area contributed by atoms with E-state index in [1.54, 1.807) is 11.3 Å². The molecule has 1 aliphatic rings. The van der Waals surface area contributed by atoms with E-state index in [0.717, 1.165) is 24.4 Å². The monoisotopic (exact) mass is 388 g/mol. The van der Waals surface area contributed by atoms with E-state index in [0.29, 0.717) is 6.42 Å². The summed E-state index contributed by atoms with van der Waals surface area (Å²) in [5.74, 6) is 0.762. The lowest BCUT2D eigenvalue weighted by Gasteiger charge is -2.29. The van der Waals surface area contributed by atoms with Crippen molar-refractivity contribution in [2.45, 2.75) is 18.6 Å². The van der Waals surface area contributed by atoms with E-state index in [4.69, 9.17) is 4.74 Å². The number of hydrogen-bond donors (Lipinski definition) is 1. The third kappa shape index (κ3) is 2.37. The van der Waals surface area contributed by atoms with Gasteiger partial charge in [0.15, 0.2) is 0 Å². The number of hydrogen-bond acceptors (Lipinski definition) is 3. The van der Waals surface area contributed by atoms with Crippen molar-refractivity contribution in [3.63, 3.8) is 0 Å². The average Bonchev–Trinajstić information content (AvgIpc) is 2.75. The van der Waals surface area contributed by atoms with Crippen LogP contribution in [0.5, 0.6) is 5.75 Å². The van der Waals surface area contributed by atoms with Crippen LogP contribution in [0.4, 0.5) is 0 Å². The smallest absolute Gasteiger partial charge is 0.136 e. The van der Waals surface area contributed by atoms with Crippen LogP contribution in [0, 0.1) is 0 Å². The van der Waals surface area contributed by atoms with Gasteiger partial charge >= 0.3 is 0 Å². The predicted molar refractivity (Wildman–Crippen MR) is 79.1 cm³/mol. The Morgan fingerprint density at radius 3 is 2.78 bits per heavy atom. The molecule has 18 heavy (non-hydrogen) atoms. The zero-order valence-corrected chi connectivity index (χ0v) is 13.3. The summed E-state index contributed by atoms with van der Waals surface area (Å²) in [5.41, 5.74) is 0.866. The first-order chi connectivity index (χ1) is 8.63. The minimum atomic E-state index is -0.465. The van der Waals surface area contributed by atoms with Gasteiger partial charge in [-0.15, -0.1) is 11.3 Å². The predicted octanol–water partition coefficient (Wildman–Crippen LogP) is 4.83. The summed E-state index contributed by atoms with van der Waals surface area (Å²) in [7, 11) is 0. The highest BCUT2D eigenvalue weighted by molar-refractivity contribution is 9.11. The van der Waals surface area contributed by atoms with Crippen molar-refractivity contribution < 1.29 is 9.84 Å². The number of thiophene rings is 1. The molecule has 2 nitrogen and oxygen atoms in total. The van der Waals surface area contributed by atoms with Gasteiger partial charge in [0.2, 0.25) is 0 Å². The van der Waals surface area contributed by atoms with E-state index in [-0.39, 0.29) is 6.10 Å². The van der Waals surface area contributed by atoms with Gasteiger partial charge in [-0.05, 0) is 40.2 Å². The van der Waals surface area contributed by atoms with Crippen LogP contribution >= 0.6 is 43.2 Å². The second kappa shape index (κ2) is 4.96. The molecule has 94 valence electrons. The molecule has 2 unspecified atom stereocenters. The SMILES string of the molecule is OC1CC(c2ccc(Br)s2)Oc2cc(Br)ccc21. The summed E-state index contributed by atoms with van der Waals surface area (Å²) in [6.45, 7) is 0. The molecule has 3 rings (SSSR count). The lowest BCUT2D eigenvalue weighted by molar-refractivity contribution is 0.0674. The first kappa shape index (κ1) is 12.7. The molecular formula is C13H10Br2O2S. The second-order valence-corrected chi connectivity index (χ2v) is 7.59. The number of ether oxygens (including phenoxy) is 1. The summed E-state index contributed by atoms with van der Waals surface area (Å²) < 4.78 is 8.02. The maximum absolute atomic E-state index is 10.2. The number of fused-ring (bicyclic) bond motifs is 1. The van der Waals surface area contributed by atoms with E-state index < -0.39 is 6.10 Å². The molecule has 0 bridgehead atoms. The minimum Gasteiger partial charge on any atom is -0.484 e. The third-order valence-electron chi connectivity index (χ3n) is 2.95. The van der Waals surface area contributed by atoms with E-state index in [1.807, 2.05) is 30.3 Å². The zero-order valence-electron chi connectivity index (χ0n) is 9.27. The fourth-order valence-electron chi connectivity index (χ4n) is 2.09. The molecule has 1 aromatic carbocycles. The normalized spacial score (nSPS) is 22.4. The molecule has 0 saturated carbocycles. The number of benzene rings is 1. The molecule has 0 aliphatic carbocycles. The Balaban J connectivity index is 1.95. The molecule has 0 radical (unpaired) electrons. The summed E-state index contributed by atoms with van der Waals surface area (Å²) >= 11 is 8.52. The fourth-order valence-corrected chi connectivity index (χ4v) is 3.90. The van der Waals surface area contributed by atoms with Crippen molar-refractivity contribution in [2.24, 2.45) is 0 Å². The lowest BCUT2D eigenvalue weighted by atomic mass is 9.98. The van der Waals surface area contributed by atoms with Crippen LogP contribution in [-0.2, 0) is 0 Å². The Morgan fingerprint density at radius 1 is 1.22 bits per heavy atom. The van der Waals surface area contributed by atoms with Crippen LogP contribution in [0.2, 0.25) is 0 Å². The first-order valence-electron chi connectivity index (χ1n) is 5.53. The topological polar surface area (TPSA) is 29.5 Å². The summed E-state index contributed by atoms with van der Waals surface area (Å²) in [5, 5.41) is 10.2. The van der Waals surface area contributed by atoms with Crippen molar-refractivity contribution in [2.75, 3.05) is 0 Å². The number of rotatable bonds is 1. The Kier molecular flexibility index (Phi) is 3.49. The Labute approximate surface area is 126 Å². The number of aliphatic hydroxyl groups excluding tert-OH is 1. The molecule has 0 amide bonds. The van der Waals surface area contributed by atoms with Crippen LogP contribution in [0.3, 0.4) is 0 Å². The van der Waals surface area contributed by atoms with Gasteiger partial charge in [0.1, 0.15) is 11.9 Å². The molecule has 1 aliphatic heterocycles. The van der Waals surface area contributed by atoms with E-state index >= 15 is 0 Å². The molecule has 2 aromatic rings. The van der Waals surface area contributed by atoms with Gasteiger partial charge < -0.3 is 9.84 Å². The summed E-state index contributed by atoms with van der Waals surface area (Å²) in [6, 6.07) is 9.78. The van der Waals surface area contributed by atoms with Crippen molar-refractivity contribution in [3.8, 4) is 5.75 Å². The van der Waals surface area contributed by atoms with Gasteiger partial charge in [-0.3, -0.25) is 0 Å². The molecule has 0 saturated heterocycles. The van der Waals surface area contributed by atoms with E-state index in [9.17, 15) is 5.11 Å².